The van der Waals surface area contributed by atoms with Crippen LogP contribution in [0.4, 0.5) is 0 Å². The lowest BCUT2D eigenvalue weighted by atomic mass is 10.1. The molecule has 2 aromatic carbocycles. The predicted octanol–water partition coefficient (Wildman–Crippen LogP) is 4.63. The Balaban J connectivity index is 2.04. The molecular weight excluding hydrogens is 464 g/mol. The summed E-state index contributed by atoms with van der Waals surface area (Å²) in [6.45, 7) is 4.77. The van der Waals surface area contributed by atoms with Gasteiger partial charge in [-0.05, 0) is 48.7 Å². The van der Waals surface area contributed by atoms with Gasteiger partial charge in [-0.1, -0.05) is 47.1 Å². The molecule has 30 heavy (non-hydrogen) atoms. The maximum Gasteiger partial charge on any atom is 0.242 e. The molecule has 0 spiro atoms. The van der Waals surface area contributed by atoms with Crippen molar-refractivity contribution in [2.75, 3.05) is 19.4 Å². The van der Waals surface area contributed by atoms with Gasteiger partial charge in [0.05, 0.1) is 12.9 Å². The lowest BCUT2D eigenvalue weighted by Crippen LogP contribution is -2.48. The molecule has 2 rings (SSSR count). The van der Waals surface area contributed by atoms with Crippen molar-refractivity contribution in [2.45, 2.75) is 38.6 Å². The summed E-state index contributed by atoms with van der Waals surface area (Å²) in [5.74, 6) is 1.64. The van der Waals surface area contributed by atoms with Crippen LogP contribution in [0.2, 0.25) is 0 Å². The number of carbonyl (C=O) groups excluding carboxylic acids is 2. The lowest BCUT2D eigenvalue weighted by Gasteiger charge is -2.28. The van der Waals surface area contributed by atoms with E-state index >= 15 is 0 Å². The van der Waals surface area contributed by atoms with Crippen LogP contribution in [0.25, 0.3) is 0 Å². The predicted molar refractivity (Wildman–Crippen MR) is 127 cm³/mol. The molecule has 5 nitrogen and oxygen atoms in total. The fraction of sp³-hybridized carbons (Fsp3) is 0.391. The topological polar surface area (TPSA) is 58.6 Å². The number of hydrogen-bond acceptors (Lipinski definition) is 4. The summed E-state index contributed by atoms with van der Waals surface area (Å²) < 4.78 is 6.24. The molecule has 0 bridgehead atoms. The van der Waals surface area contributed by atoms with Gasteiger partial charge in [0, 0.05) is 23.3 Å². The van der Waals surface area contributed by atoms with Gasteiger partial charge in [-0.2, -0.15) is 0 Å². The first-order valence-corrected chi connectivity index (χ1v) is 11.9. The zero-order chi connectivity index (χ0) is 21.9. The van der Waals surface area contributed by atoms with E-state index in [0.29, 0.717) is 18.8 Å². The average Bonchev–Trinajstić information content (AvgIpc) is 2.77. The van der Waals surface area contributed by atoms with Crippen molar-refractivity contribution in [2.24, 2.45) is 0 Å². The summed E-state index contributed by atoms with van der Waals surface area (Å²) >= 11 is 4.98. The number of methoxy groups -OCH3 is 1. The first-order chi connectivity index (χ1) is 14.4. The number of halogens is 1. The van der Waals surface area contributed by atoms with E-state index in [9.17, 15) is 9.59 Å². The van der Waals surface area contributed by atoms with Gasteiger partial charge in [0.2, 0.25) is 11.8 Å². The monoisotopic (exact) mass is 492 g/mol. The molecule has 2 amide bonds. The molecule has 0 saturated carbocycles. The Morgan fingerprint density at radius 2 is 1.73 bits per heavy atom. The Hall–Kier alpha value is -1.99. The molecule has 162 valence electrons. The second-order valence-electron chi connectivity index (χ2n) is 6.96. The van der Waals surface area contributed by atoms with Gasteiger partial charge >= 0.3 is 0 Å². The lowest BCUT2D eigenvalue weighted by molar-refractivity contribution is -0.138. The van der Waals surface area contributed by atoms with E-state index in [2.05, 4.69) is 21.2 Å². The van der Waals surface area contributed by atoms with E-state index in [1.54, 1.807) is 30.7 Å². The van der Waals surface area contributed by atoms with E-state index < -0.39 is 6.04 Å². The highest BCUT2D eigenvalue weighted by Crippen LogP contribution is 2.19. The van der Waals surface area contributed by atoms with Crippen LogP contribution in [0.5, 0.6) is 5.75 Å². The van der Waals surface area contributed by atoms with E-state index in [1.165, 1.54) is 0 Å². The Morgan fingerprint density at radius 1 is 1.10 bits per heavy atom. The Labute approximate surface area is 191 Å². The second-order valence-corrected chi connectivity index (χ2v) is 8.86. The second kappa shape index (κ2) is 12.6. The number of carbonyl (C=O) groups is 2. The normalized spacial score (nSPS) is 11.6. The fourth-order valence-corrected chi connectivity index (χ4v) is 3.96. The van der Waals surface area contributed by atoms with Gasteiger partial charge in [-0.3, -0.25) is 9.59 Å². The summed E-state index contributed by atoms with van der Waals surface area (Å²) in [5.41, 5.74) is 2.11. The summed E-state index contributed by atoms with van der Waals surface area (Å²) in [5, 5.41) is 2.89. The number of nitrogens with zero attached hydrogens (tertiary/aromatic N) is 1. The summed E-state index contributed by atoms with van der Waals surface area (Å²) in [4.78, 5) is 27.2. The highest BCUT2D eigenvalue weighted by atomic mass is 79.9. The molecule has 0 radical (unpaired) electrons. The van der Waals surface area contributed by atoms with Crippen LogP contribution in [0.3, 0.4) is 0 Å². The maximum absolute atomic E-state index is 13.0. The van der Waals surface area contributed by atoms with Gasteiger partial charge in [0.15, 0.2) is 0 Å². The number of hydrogen-bond donors (Lipinski definition) is 1. The largest absolute Gasteiger partial charge is 0.497 e. The molecule has 0 aliphatic heterocycles. The molecule has 1 atom stereocenters. The van der Waals surface area contributed by atoms with Gasteiger partial charge in [0.25, 0.3) is 0 Å². The first kappa shape index (κ1) is 24.3. The van der Waals surface area contributed by atoms with Crippen molar-refractivity contribution in [3.05, 3.63) is 64.1 Å². The minimum absolute atomic E-state index is 0.0490. The number of rotatable bonds is 11. The maximum atomic E-state index is 13.0. The highest BCUT2D eigenvalue weighted by Gasteiger charge is 2.25. The molecule has 7 heteroatoms. The van der Waals surface area contributed by atoms with E-state index in [1.807, 2.05) is 55.5 Å². The van der Waals surface area contributed by atoms with Crippen molar-refractivity contribution >= 4 is 39.5 Å². The Bertz CT molecular complexity index is 812. The Morgan fingerprint density at radius 3 is 2.33 bits per heavy atom. The Kier molecular flexibility index (Phi) is 10.2. The summed E-state index contributed by atoms with van der Waals surface area (Å²) in [7, 11) is 1.62. The van der Waals surface area contributed by atoms with Crippen LogP contribution in [-0.2, 0) is 21.9 Å². The van der Waals surface area contributed by atoms with Crippen molar-refractivity contribution in [1.29, 1.82) is 0 Å². The number of thioether (sulfide) groups is 1. The van der Waals surface area contributed by atoms with Gasteiger partial charge in [-0.15, -0.1) is 11.8 Å². The molecule has 0 aliphatic carbocycles. The smallest absolute Gasteiger partial charge is 0.242 e. The molecule has 0 saturated heterocycles. The molecule has 0 aromatic heterocycles. The molecule has 0 aliphatic rings. The molecule has 1 N–H and O–H groups in total. The van der Waals surface area contributed by atoms with Crippen molar-refractivity contribution in [1.82, 2.24) is 10.2 Å². The van der Waals surface area contributed by atoms with Crippen LogP contribution < -0.4 is 10.1 Å². The molecule has 0 unspecified atom stereocenters. The highest BCUT2D eigenvalue weighted by molar-refractivity contribution is 9.10. The number of ether oxygens (including phenoxy) is 1. The van der Waals surface area contributed by atoms with Crippen LogP contribution >= 0.6 is 27.7 Å². The zero-order valence-electron chi connectivity index (χ0n) is 17.7. The third kappa shape index (κ3) is 7.69. The van der Waals surface area contributed by atoms with Crippen LogP contribution in [0, 0.1) is 0 Å². The van der Waals surface area contributed by atoms with E-state index in [4.69, 9.17) is 4.74 Å². The standard InChI is InChI=1S/C23H29BrN2O3S/c1-4-13-25-23(28)17(2)26(14-18-7-11-21(29-3)12-8-18)22(27)16-30-15-19-5-9-20(24)10-6-19/h5-12,17H,4,13-16H2,1-3H3,(H,25,28)/t17-/m1/s1. The van der Waals surface area contributed by atoms with Gasteiger partial charge in [-0.25, -0.2) is 0 Å². The fourth-order valence-electron chi connectivity index (χ4n) is 2.83. The van der Waals surface area contributed by atoms with Crippen LogP contribution in [-0.4, -0.2) is 42.2 Å². The van der Waals surface area contributed by atoms with Gasteiger partial charge in [0.1, 0.15) is 11.8 Å². The summed E-state index contributed by atoms with van der Waals surface area (Å²) in [6.07, 6.45) is 0.855. The number of amides is 2. The molecule has 0 heterocycles. The third-order valence-corrected chi connectivity index (χ3v) is 6.15. The zero-order valence-corrected chi connectivity index (χ0v) is 20.1. The SMILES string of the molecule is CCCNC(=O)[C@@H](C)N(Cc1ccc(OC)cc1)C(=O)CSCc1ccc(Br)cc1. The van der Waals surface area contributed by atoms with Crippen LogP contribution in [0.1, 0.15) is 31.4 Å². The van der Waals surface area contributed by atoms with Gasteiger partial charge < -0.3 is 15.0 Å². The summed E-state index contributed by atoms with van der Waals surface area (Å²) in [6, 6.07) is 15.1. The van der Waals surface area contributed by atoms with E-state index in [-0.39, 0.29) is 11.8 Å². The average molecular weight is 493 g/mol. The van der Waals surface area contributed by atoms with Crippen LogP contribution in [0.15, 0.2) is 53.0 Å². The minimum atomic E-state index is -0.542. The minimum Gasteiger partial charge on any atom is -0.497 e. The quantitative estimate of drug-likeness (QED) is 0.496. The molecular formula is C23H29BrN2O3S. The van der Waals surface area contributed by atoms with Crippen molar-refractivity contribution < 1.29 is 14.3 Å². The molecule has 2 aromatic rings. The van der Waals surface area contributed by atoms with E-state index in [0.717, 1.165) is 33.5 Å². The number of nitrogens with one attached hydrogen (secondary N) is 1. The van der Waals surface area contributed by atoms with Crippen molar-refractivity contribution in [3.8, 4) is 5.75 Å². The molecule has 0 fully saturated rings. The number of benzene rings is 2. The first-order valence-electron chi connectivity index (χ1n) is 9.97. The van der Waals surface area contributed by atoms with Crippen molar-refractivity contribution in [3.63, 3.8) is 0 Å². The third-order valence-electron chi connectivity index (χ3n) is 4.64.